The number of para-hydroxylation sites is 4. The Bertz CT molecular complexity index is 3140. The summed E-state index contributed by atoms with van der Waals surface area (Å²) in [5.74, 6) is 1.70. The monoisotopic (exact) mass is 779 g/mol. The zero-order valence-corrected chi connectivity index (χ0v) is 32.5. The van der Waals surface area contributed by atoms with Gasteiger partial charge < -0.3 is 4.42 Å². The molecule has 0 radical (unpaired) electrons. The molecule has 1 atom stereocenters. The number of hydrogen-bond donors (Lipinski definition) is 0. The molecule has 0 N–H and O–H groups in total. The third-order valence-electron chi connectivity index (χ3n) is 10.8. The van der Waals surface area contributed by atoms with Crippen LogP contribution in [0.2, 0.25) is 0 Å². The van der Waals surface area contributed by atoms with Gasteiger partial charge in [-0.25, -0.2) is 15.0 Å². The summed E-state index contributed by atoms with van der Waals surface area (Å²) in [4.78, 5) is 15.0. The van der Waals surface area contributed by atoms with Gasteiger partial charge >= 0.3 is 7.44 Å². The van der Waals surface area contributed by atoms with Crippen molar-refractivity contribution in [2.24, 2.45) is 0 Å². The summed E-state index contributed by atoms with van der Waals surface area (Å²) in [6, 6.07) is 68.5. The minimum atomic E-state index is -3.52. The summed E-state index contributed by atoms with van der Waals surface area (Å²) in [6.07, 6.45) is 0. The quantitative estimate of drug-likeness (QED) is 0.149. The van der Waals surface area contributed by atoms with E-state index >= 15 is 4.57 Å². The van der Waals surface area contributed by atoms with Crippen LogP contribution in [-0.2, 0) is 4.57 Å². The van der Waals surface area contributed by atoms with E-state index in [0.717, 1.165) is 72.2 Å². The highest BCUT2D eigenvalue weighted by molar-refractivity contribution is 7.76. The van der Waals surface area contributed by atoms with Gasteiger partial charge in [0.15, 0.2) is 17.5 Å². The number of benzene rings is 8. The van der Waals surface area contributed by atoms with Gasteiger partial charge in [-0.05, 0) is 60.2 Å². The van der Waals surface area contributed by atoms with Gasteiger partial charge in [0.05, 0.1) is 22.2 Å². The SMILES string of the molecule is O=P1(c2ccccc2)N(c2ccccc2)c2ccc(-c3cccc4c3oc3c(-c5nc(-c6ccccc6)nc(-c6ccccc6)n5)cccc34)cc2N1c1ccccc1. The number of rotatable bonds is 7. The highest BCUT2D eigenvalue weighted by atomic mass is 31.2. The first kappa shape index (κ1) is 34.6. The lowest BCUT2D eigenvalue weighted by molar-refractivity contribution is 0.582. The van der Waals surface area contributed by atoms with Crippen LogP contribution in [0.3, 0.4) is 0 Å². The predicted octanol–water partition coefficient (Wildman–Crippen LogP) is 13.2. The van der Waals surface area contributed by atoms with Crippen molar-refractivity contribution in [1.29, 1.82) is 0 Å². The maximum Gasteiger partial charge on any atom is 0.301 e. The summed E-state index contributed by atoms with van der Waals surface area (Å²) in [7, 11) is -3.52. The molecule has 8 aromatic carbocycles. The van der Waals surface area contributed by atoms with Crippen LogP contribution in [0.25, 0.3) is 67.2 Å². The smallest absolute Gasteiger partial charge is 0.301 e. The van der Waals surface area contributed by atoms with Crippen molar-refractivity contribution < 1.29 is 8.98 Å². The third kappa shape index (κ3) is 5.74. The van der Waals surface area contributed by atoms with Crippen LogP contribution in [-0.4, -0.2) is 15.0 Å². The molecule has 8 heteroatoms. The van der Waals surface area contributed by atoms with Crippen LogP contribution in [0.1, 0.15) is 0 Å². The number of anilines is 4. The first-order chi connectivity index (χ1) is 29.1. The van der Waals surface area contributed by atoms with Gasteiger partial charge in [0, 0.05) is 38.8 Å². The zero-order chi connectivity index (χ0) is 39.3. The molecule has 1 unspecified atom stereocenters. The van der Waals surface area contributed by atoms with Crippen molar-refractivity contribution in [3.63, 3.8) is 0 Å². The van der Waals surface area contributed by atoms with Crippen molar-refractivity contribution in [3.8, 4) is 45.3 Å². The van der Waals surface area contributed by atoms with Crippen molar-refractivity contribution in [2.75, 3.05) is 9.34 Å². The average molecular weight is 780 g/mol. The molecule has 10 aromatic rings. The minimum absolute atomic E-state index is 0.526. The van der Waals surface area contributed by atoms with Gasteiger partial charge in [-0.2, -0.15) is 0 Å². The van der Waals surface area contributed by atoms with Gasteiger partial charge in [0.25, 0.3) is 0 Å². The van der Waals surface area contributed by atoms with Crippen LogP contribution >= 0.6 is 7.44 Å². The van der Waals surface area contributed by atoms with E-state index in [1.807, 2.05) is 173 Å². The van der Waals surface area contributed by atoms with E-state index in [0.29, 0.717) is 23.1 Å². The predicted molar refractivity (Wildman–Crippen MR) is 240 cm³/mol. The average Bonchev–Trinajstić information content (AvgIpc) is 3.83. The molecule has 3 heterocycles. The minimum Gasteiger partial charge on any atom is -0.455 e. The molecular formula is C51H34N5O2P. The Labute approximate surface area is 341 Å². The first-order valence-corrected chi connectivity index (χ1v) is 21.1. The first-order valence-electron chi connectivity index (χ1n) is 19.5. The fourth-order valence-electron chi connectivity index (χ4n) is 8.16. The summed E-state index contributed by atoms with van der Waals surface area (Å²) in [5, 5.41) is 2.67. The van der Waals surface area contributed by atoms with Crippen LogP contribution in [0.5, 0.6) is 0 Å². The summed E-state index contributed by atoms with van der Waals surface area (Å²) in [5.41, 5.74) is 9.23. The lowest BCUT2D eigenvalue weighted by Crippen LogP contribution is -2.26. The Morgan fingerprint density at radius 2 is 0.847 bits per heavy atom. The van der Waals surface area contributed by atoms with Crippen LogP contribution in [0, 0.1) is 0 Å². The molecule has 280 valence electrons. The zero-order valence-electron chi connectivity index (χ0n) is 31.6. The molecule has 59 heavy (non-hydrogen) atoms. The molecule has 2 aromatic heterocycles. The van der Waals surface area contributed by atoms with Gasteiger partial charge in [-0.3, -0.25) is 13.9 Å². The molecule has 11 rings (SSSR count). The Morgan fingerprint density at radius 1 is 0.390 bits per heavy atom. The van der Waals surface area contributed by atoms with Crippen LogP contribution in [0.15, 0.2) is 211 Å². The second-order valence-electron chi connectivity index (χ2n) is 14.4. The van der Waals surface area contributed by atoms with Crippen molar-refractivity contribution >= 4 is 57.4 Å². The van der Waals surface area contributed by atoms with E-state index in [4.69, 9.17) is 19.4 Å². The third-order valence-corrected chi connectivity index (χ3v) is 13.8. The fourth-order valence-corrected chi connectivity index (χ4v) is 11.2. The highest BCUT2D eigenvalue weighted by Crippen LogP contribution is 2.70. The van der Waals surface area contributed by atoms with Crippen molar-refractivity contribution in [2.45, 2.75) is 0 Å². The Kier molecular flexibility index (Phi) is 8.28. The van der Waals surface area contributed by atoms with E-state index in [9.17, 15) is 0 Å². The molecule has 1 aliphatic rings. The summed E-state index contributed by atoms with van der Waals surface area (Å²) in [6.45, 7) is 0. The summed E-state index contributed by atoms with van der Waals surface area (Å²) < 4.78 is 27.1. The fraction of sp³-hybridized carbons (Fsp3) is 0. The van der Waals surface area contributed by atoms with E-state index in [1.54, 1.807) is 0 Å². The van der Waals surface area contributed by atoms with Gasteiger partial charge in [-0.15, -0.1) is 0 Å². The number of hydrogen-bond acceptors (Lipinski definition) is 5. The molecule has 0 amide bonds. The van der Waals surface area contributed by atoms with Crippen molar-refractivity contribution in [3.05, 3.63) is 206 Å². The molecule has 7 nitrogen and oxygen atoms in total. The van der Waals surface area contributed by atoms with Crippen molar-refractivity contribution in [1.82, 2.24) is 15.0 Å². The van der Waals surface area contributed by atoms with E-state index in [-0.39, 0.29) is 0 Å². The number of aromatic nitrogens is 3. The molecule has 0 spiro atoms. The summed E-state index contributed by atoms with van der Waals surface area (Å²) >= 11 is 0. The number of nitrogens with zero attached hydrogens (tertiary/aromatic N) is 5. The van der Waals surface area contributed by atoms with Gasteiger partial charge in [0.2, 0.25) is 0 Å². The molecule has 0 bridgehead atoms. The molecular weight excluding hydrogens is 746 g/mol. The molecule has 0 saturated carbocycles. The molecule has 0 fully saturated rings. The second kappa shape index (κ2) is 14.1. The maximum atomic E-state index is 16.1. The largest absolute Gasteiger partial charge is 0.455 e. The van der Waals surface area contributed by atoms with Crippen LogP contribution < -0.4 is 14.6 Å². The lowest BCUT2D eigenvalue weighted by Gasteiger charge is -2.33. The molecule has 0 saturated heterocycles. The topological polar surface area (TPSA) is 75.4 Å². The standard InChI is InChI=1S/C51H34N5O2P/c57-59(40-26-14-5-15-27-40)55(38-22-10-3-11-23-38)45-33-32-37(34-46(45)56(59)39-24-12-4-13-25-39)41-28-16-29-42-43-30-17-31-44(48(43)58-47(41)42)51-53-49(35-18-6-1-7-19-35)52-50(54-51)36-20-8-2-9-21-36/h1-34H. The highest BCUT2D eigenvalue weighted by Gasteiger charge is 2.49. The van der Waals surface area contributed by atoms with Gasteiger partial charge in [-0.1, -0.05) is 152 Å². The Hall–Kier alpha value is -7.60. The number of furan rings is 1. The van der Waals surface area contributed by atoms with Crippen LogP contribution in [0.4, 0.5) is 22.7 Å². The second-order valence-corrected chi connectivity index (χ2v) is 16.8. The molecule has 1 aliphatic heterocycles. The van der Waals surface area contributed by atoms with E-state index in [2.05, 4.69) is 42.5 Å². The Balaban J connectivity index is 1.11. The lowest BCUT2D eigenvalue weighted by atomic mass is 10.0. The number of fused-ring (bicyclic) bond motifs is 4. The van der Waals surface area contributed by atoms with E-state index in [1.165, 1.54) is 0 Å². The molecule has 0 aliphatic carbocycles. The normalized spacial score (nSPS) is 14.8. The van der Waals surface area contributed by atoms with E-state index < -0.39 is 7.44 Å². The maximum absolute atomic E-state index is 16.1. The Morgan fingerprint density at radius 3 is 1.41 bits per heavy atom. The van der Waals surface area contributed by atoms with Gasteiger partial charge in [0.1, 0.15) is 11.2 Å².